The summed E-state index contributed by atoms with van der Waals surface area (Å²) in [5.41, 5.74) is 9.95. The van der Waals surface area contributed by atoms with Crippen LogP contribution in [-0.4, -0.2) is 86.5 Å². The molecular weight excluding hydrogens is 565 g/mol. The zero-order valence-corrected chi connectivity index (χ0v) is 24.7. The van der Waals surface area contributed by atoms with Gasteiger partial charge in [0.25, 0.3) is 5.91 Å². The number of amides is 2. The van der Waals surface area contributed by atoms with E-state index in [0.29, 0.717) is 67.2 Å². The monoisotopic (exact) mass is 601 g/mol. The molecule has 4 N–H and O–H groups in total. The lowest BCUT2D eigenvalue weighted by molar-refractivity contribution is -0.140. The van der Waals surface area contributed by atoms with Crippen molar-refractivity contribution in [2.45, 2.75) is 38.3 Å². The summed E-state index contributed by atoms with van der Waals surface area (Å²) in [6, 6.07) is 9.99. The molecule has 0 radical (unpaired) electrons. The Hall–Kier alpha value is -4.55. The van der Waals surface area contributed by atoms with Crippen molar-refractivity contribution in [1.82, 2.24) is 24.2 Å². The van der Waals surface area contributed by atoms with Gasteiger partial charge in [0.1, 0.15) is 0 Å². The third-order valence-electron chi connectivity index (χ3n) is 8.67. The van der Waals surface area contributed by atoms with E-state index < -0.39 is 11.9 Å². The molecule has 44 heavy (non-hydrogen) atoms. The van der Waals surface area contributed by atoms with E-state index in [9.17, 15) is 19.1 Å². The molecule has 12 heteroatoms. The highest BCUT2D eigenvalue weighted by Gasteiger charge is 2.34. The van der Waals surface area contributed by atoms with Gasteiger partial charge < -0.3 is 30.7 Å². The number of hydrogen-bond donors (Lipinski definition) is 3. The van der Waals surface area contributed by atoms with E-state index >= 15 is 0 Å². The topological polar surface area (TPSA) is 138 Å². The van der Waals surface area contributed by atoms with Crippen molar-refractivity contribution in [3.05, 3.63) is 71.9 Å². The quantitative estimate of drug-likeness (QED) is 0.306. The van der Waals surface area contributed by atoms with E-state index in [4.69, 9.17) is 10.5 Å². The molecule has 2 saturated heterocycles. The smallest absolute Gasteiger partial charge is 0.254 e. The standard InChI is InChI=1S/C32H36FN7O4/c1-19-15-22(37-29-30-36-17-26(40(30)14-10-35-29)21-3-6-28(44-2)24(33)16-21)4-5-23(19)32(43)38-11-7-20(8-12-38)31(42)39-13-9-25(34)27(41)18-39/h3-6,10,14-17,20,25,27,41H,7-9,11-13,18,34H2,1-2H3,(H,35,37)/t25-,27+/m1/s1. The molecule has 2 atom stereocenters. The highest BCUT2D eigenvalue weighted by molar-refractivity contribution is 5.96. The largest absolute Gasteiger partial charge is 0.494 e. The Morgan fingerprint density at radius 1 is 1.07 bits per heavy atom. The van der Waals surface area contributed by atoms with Crippen LogP contribution in [0.15, 0.2) is 55.0 Å². The number of piperidine rings is 2. The molecule has 2 aromatic heterocycles. The van der Waals surface area contributed by atoms with Crippen LogP contribution in [-0.2, 0) is 4.79 Å². The highest BCUT2D eigenvalue weighted by atomic mass is 19.1. The number of benzene rings is 2. The number of β-amino-alcohol motifs (C(OH)–C–C–N with tert-alkyl or cyclic N) is 1. The molecular formula is C32H36FN7O4. The number of carbonyl (C=O) groups is 2. The first-order valence-corrected chi connectivity index (χ1v) is 14.8. The summed E-state index contributed by atoms with van der Waals surface area (Å²) in [5, 5.41) is 13.4. The SMILES string of the molecule is COc1ccc(-c2cnc3c(Nc4ccc(C(=O)N5CCC(C(=O)N6CC[C@@H](N)[C@@H](O)C6)CC5)c(C)c4)nccn23)cc1F. The normalized spacial score (nSPS) is 19.3. The van der Waals surface area contributed by atoms with Crippen molar-refractivity contribution in [2.75, 3.05) is 38.6 Å². The highest BCUT2D eigenvalue weighted by Crippen LogP contribution is 2.29. The predicted molar refractivity (Wildman–Crippen MR) is 163 cm³/mol. The van der Waals surface area contributed by atoms with Crippen LogP contribution >= 0.6 is 0 Å². The molecule has 2 fully saturated rings. The number of likely N-dealkylation sites (tertiary alicyclic amines) is 2. The number of hydrogen-bond acceptors (Lipinski definition) is 8. The Bertz CT molecular complexity index is 1700. The van der Waals surface area contributed by atoms with Gasteiger partial charge in [-0.05, 0) is 68.1 Å². The fourth-order valence-electron chi connectivity index (χ4n) is 6.07. The number of halogens is 1. The van der Waals surface area contributed by atoms with Gasteiger partial charge in [0.2, 0.25) is 5.91 Å². The zero-order chi connectivity index (χ0) is 31.0. The number of nitrogens with two attached hydrogens (primary N) is 1. The van der Waals surface area contributed by atoms with Gasteiger partial charge in [0.15, 0.2) is 23.0 Å². The number of nitrogens with one attached hydrogen (secondary N) is 1. The maximum atomic E-state index is 14.4. The second-order valence-corrected chi connectivity index (χ2v) is 11.5. The molecule has 2 aliphatic heterocycles. The summed E-state index contributed by atoms with van der Waals surface area (Å²) in [5.74, 6) is 0.0442. The van der Waals surface area contributed by atoms with Crippen molar-refractivity contribution >= 4 is 29.0 Å². The molecule has 2 aliphatic rings. The molecule has 2 aromatic carbocycles. The van der Waals surface area contributed by atoms with Crippen molar-refractivity contribution in [3.63, 3.8) is 0 Å². The van der Waals surface area contributed by atoms with Crippen LogP contribution in [0.2, 0.25) is 0 Å². The molecule has 230 valence electrons. The first-order valence-electron chi connectivity index (χ1n) is 14.8. The predicted octanol–water partition coefficient (Wildman–Crippen LogP) is 3.37. The number of nitrogens with zero attached hydrogens (tertiary/aromatic N) is 5. The lowest BCUT2D eigenvalue weighted by Gasteiger charge is -2.38. The first-order chi connectivity index (χ1) is 21.2. The number of anilines is 2. The van der Waals surface area contributed by atoms with Gasteiger partial charge in [-0.3, -0.25) is 14.0 Å². The van der Waals surface area contributed by atoms with E-state index in [1.807, 2.05) is 23.5 Å². The molecule has 6 rings (SSSR count). The number of rotatable bonds is 6. The molecule has 0 bridgehead atoms. The Kier molecular flexibility index (Phi) is 8.19. The average molecular weight is 602 g/mol. The van der Waals surface area contributed by atoms with Crippen LogP contribution in [0.25, 0.3) is 16.9 Å². The van der Waals surface area contributed by atoms with Gasteiger partial charge in [-0.2, -0.15) is 0 Å². The average Bonchev–Trinajstić information content (AvgIpc) is 3.47. The summed E-state index contributed by atoms with van der Waals surface area (Å²) in [6.45, 7) is 3.71. The van der Waals surface area contributed by atoms with E-state index in [2.05, 4.69) is 15.3 Å². The molecule has 0 saturated carbocycles. The third kappa shape index (κ3) is 5.70. The van der Waals surface area contributed by atoms with Crippen LogP contribution < -0.4 is 15.8 Å². The first kappa shape index (κ1) is 29.5. The lowest BCUT2D eigenvalue weighted by Crippen LogP contribution is -2.54. The second-order valence-electron chi connectivity index (χ2n) is 11.5. The van der Waals surface area contributed by atoms with Crippen LogP contribution in [0.5, 0.6) is 5.75 Å². The van der Waals surface area contributed by atoms with Gasteiger partial charge in [0.05, 0.1) is 25.1 Å². The van der Waals surface area contributed by atoms with E-state index in [1.165, 1.54) is 13.2 Å². The molecule has 4 aromatic rings. The van der Waals surface area contributed by atoms with Crippen LogP contribution in [0.4, 0.5) is 15.9 Å². The van der Waals surface area contributed by atoms with Crippen molar-refractivity contribution in [1.29, 1.82) is 0 Å². The molecule has 0 aliphatic carbocycles. The van der Waals surface area contributed by atoms with Gasteiger partial charge in [-0.25, -0.2) is 14.4 Å². The summed E-state index contributed by atoms with van der Waals surface area (Å²) in [6.07, 6.45) is 6.15. The summed E-state index contributed by atoms with van der Waals surface area (Å²) < 4.78 is 21.2. The van der Waals surface area contributed by atoms with Crippen LogP contribution in [0, 0.1) is 18.7 Å². The zero-order valence-electron chi connectivity index (χ0n) is 24.7. The third-order valence-corrected chi connectivity index (χ3v) is 8.67. The second kappa shape index (κ2) is 12.2. The van der Waals surface area contributed by atoms with Crippen molar-refractivity contribution in [2.24, 2.45) is 11.7 Å². The molecule has 11 nitrogen and oxygen atoms in total. The fourth-order valence-corrected chi connectivity index (χ4v) is 6.07. The summed E-state index contributed by atoms with van der Waals surface area (Å²) >= 11 is 0. The van der Waals surface area contributed by atoms with E-state index in [1.54, 1.807) is 46.6 Å². The Morgan fingerprint density at radius 3 is 2.55 bits per heavy atom. The van der Waals surface area contributed by atoms with Crippen molar-refractivity contribution in [3.8, 4) is 17.0 Å². The van der Waals surface area contributed by atoms with Gasteiger partial charge in [0, 0.05) is 67.3 Å². The van der Waals surface area contributed by atoms with Gasteiger partial charge >= 0.3 is 0 Å². The number of methoxy groups -OCH3 is 1. The number of aryl methyl sites for hydroxylation is 1. The Morgan fingerprint density at radius 2 is 1.84 bits per heavy atom. The minimum Gasteiger partial charge on any atom is -0.494 e. The number of aliphatic hydroxyl groups is 1. The Balaban J connectivity index is 1.11. The Labute approximate surface area is 254 Å². The maximum absolute atomic E-state index is 14.4. The number of fused-ring (bicyclic) bond motifs is 1. The molecule has 0 spiro atoms. The maximum Gasteiger partial charge on any atom is 0.254 e. The van der Waals surface area contributed by atoms with E-state index in [-0.39, 0.29) is 36.1 Å². The molecule has 0 unspecified atom stereocenters. The van der Waals surface area contributed by atoms with E-state index in [0.717, 1.165) is 11.3 Å². The number of carbonyl (C=O) groups excluding carboxylic acids is 2. The fraction of sp³-hybridized carbons (Fsp3) is 0.375. The summed E-state index contributed by atoms with van der Waals surface area (Å²) in [4.78, 5) is 39.0. The number of ether oxygens (including phenoxy) is 1. The number of aliphatic hydroxyl groups excluding tert-OH is 1. The molecule has 4 heterocycles. The minimum absolute atomic E-state index is 0.0408. The molecule has 2 amide bonds. The minimum atomic E-state index is -0.694. The van der Waals surface area contributed by atoms with Crippen LogP contribution in [0.3, 0.4) is 0 Å². The van der Waals surface area contributed by atoms with Gasteiger partial charge in [-0.15, -0.1) is 0 Å². The van der Waals surface area contributed by atoms with Gasteiger partial charge in [-0.1, -0.05) is 0 Å². The lowest BCUT2D eigenvalue weighted by atomic mass is 9.93. The van der Waals surface area contributed by atoms with Crippen LogP contribution in [0.1, 0.15) is 35.2 Å². The summed E-state index contributed by atoms with van der Waals surface area (Å²) in [7, 11) is 1.42. The number of imidazole rings is 1. The van der Waals surface area contributed by atoms with Crippen molar-refractivity contribution < 1.29 is 23.8 Å². The number of aromatic nitrogens is 3.